The van der Waals surface area contributed by atoms with Crippen LogP contribution < -0.4 is 4.87 Å². The van der Waals surface area contributed by atoms with Crippen LogP contribution in [0.2, 0.25) is 5.02 Å². The number of halogens is 1. The topological polar surface area (TPSA) is 52.7 Å². The summed E-state index contributed by atoms with van der Waals surface area (Å²) >= 11 is 8.96. The molecule has 31 heavy (non-hydrogen) atoms. The average molecular weight is 465 g/mol. The van der Waals surface area contributed by atoms with E-state index < -0.39 is 0 Å². The van der Waals surface area contributed by atoms with E-state index in [1.165, 1.54) is 11.3 Å². The second-order valence-electron chi connectivity index (χ2n) is 6.91. The third kappa shape index (κ3) is 4.17. The first-order valence-corrected chi connectivity index (χ1v) is 11.8. The van der Waals surface area contributed by atoms with Crippen molar-refractivity contribution in [2.24, 2.45) is 0 Å². The summed E-state index contributed by atoms with van der Waals surface area (Å²) in [4.78, 5) is 12.6. The molecule has 0 fully saturated rings. The van der Waals surface area contributed by atoms with E-state index in [0.717, 1.165) is 26.6 Å². The summed E-state index contributed by atoms with van der Waals surface area (Å²) in [6.45, 7) is 0.350. The van der Waals surface area contributed by atoms with Gasteiger partial charge < -0.3 is 0 Å². The quantitative estimate of drug-likeness (QED) is 0.305. The van der Waals surface area contributed by atoms with Gasteiger partial charge in [0, 0.05) is 16.5 Å². The number of hydrogen-bond acceptors (Lipinski definition) is 5. The maximum Gasteiger partial charge on any atom is 0.308 e. The van der Waals surface area contributed by atoms with Gasteiger partial charge in [-0.1, -0.05) is 77.2 Å². The first-order valence-electron chi connectivity index (χ1n) is 9.64. The minimum absolute atomic E-state index is 0.00283. The smallest absolute Gasteiger partial charge is 0.291 e. The number of nitrogens with zero attached hydrogens (tertiary/aromatic N) is 4. The van der Waals surface area contributed by atoms with Crippen molar-refractivity contribution in [1.29, 1.82) is 0 Å². The van der Waals surface area contributed by atoms with Crippen LogP contribution in [0, 0.1) is 0 Å². The molecule has 0 bridgehead atoms. The summed E-state index contributed by atoms with van der Waals surface area (Å²) < 4.78 is 4.75. The fourth-order valence-corrected chi connectivity index (χ4v) is 5.43. The highest BCUT2D eigenvalue weighted by Gasteiger charge is 2.17. The summed E-state index contributed by atoms with van der Waals surface area (Å²) in [5.41, 5.74) is 2.98. The molecule has 5 aromatic rings. The van der Waals surface area contributed by atoms with Crippen LogP contribution in [-0.4, -0.2) is 19.3 Å². The van der Waals surface area contributed by atoms with Crippen molar-refractivity contribution in [1.82, 2.24) is 19.3 Å². The molecule has 5 nitrogen and oxygen atoms in total. The Hall–Kier alpha value is -2.87. The molecule has 0 unspecified atom stereocenters. The van der Waals surface area contributed by atoms with Gasteiger partial charge in [-0.3, -0.25) is 13.9 Å². The largest absolute Gasteiger partial charge is 0.308 e. The zero-order valence-corrected chi connectivity index (χ0v) is 18.7. The lowest BCUT2D eigenvalue weighted by Gasteiger charge is -2.11. The number of fused-ring (bicyclic) bond motifs is 1. The summed E-state index contributed by atoms with van der Waals surface area (Å²) in [6.07, 6.45) is 0. The normalized spacial score (nSPS) is 11.3. The van der Waals surface area contributed by atoms with Gasteiger partial charge in [0.05, 0.1) is 16.8 Å². The summed E-state index contributed by atoms with van der Waals surface area (Å²) in [6, 6.07) is 25.6. The second-order valence-corrected chi connectivity index (χ2v) is 9.28. The highest BCUT2D eigenvalue weighted by atomic mass is 35.5. The number of benzene rings is 3. The Morgan fingerprint density at radius 1 is 0.935 bits per heavy atom. The standard InChI is InChI=1S/C23H17ClN4OS2/c24-17-8-6-7-16(13-17)15-30-22-26-25-21(28(22)18-9-2-1-3-10-18)14-27-19-11-4-5-12-20(19)31-23(27)29/h1-13H,14-15H2. The number of rotatable bonds is 6. The van der Waals surface area contributed by atoms with E-state index in [-0.39, 0.29) is 4.87 Å². The Balaban J connectivity index is 1.53. The van der Waals surface area contributed by atoms with E-state index in [0.29, 0.717) is 23.1 Å². The minimum atomic E-state index is -0.00283. The molecule has 2 aromatic heterocycles. The number of thioether (sulfide) groups is 1. The van der Waals surface area contributed by atoms with Crippen molar-refractivity contribution in [2.75, 3.05) is 0 Å². The monoisotopic (exact) mass is 464 g/mol. The Kier molecular flexibility index (Phi) is 5.63. The van der Waals surface area contributed by atoms with Crippen molar-refractivity contribution < 1.29 is 0 Å². The molecule has 154 valence electrons. The van der Waals surface area contributed by atoms with E-state index in [1.807, 2.05) is 83.4 Å². The third-order valence-electron chi connectivity index (χ3n) is 4.84. The minimum Gasteiger partial charge on any atom is -0.291 e. The van der Waals surface area contributed by atoms with Crippen LogP contribution in [0.15, 0.2) is 88.8 Å². The van der Waals surface area contributed by atoms with Crippen LogP contribution in [-0.2, 0) is 12.3 Å². The van der Waals surface area contributed by atoms with Crippen molar-refractivity contribution in [2.45, 2.75) is 17.5 Å². The fourth-order valence-electron chi connectivity index (χ4n) is 3.41. The molecule has 0 atom stereocenters. The van der Waals surface area contributed by atoms with Crippen molar-refractivity contribution in [3.05, 3.63) is 105 Å². The lowest BCUT2D eigenvalue weighted by atomic mass is 10.2. The maximum absolute atomic E-state index is 12.6. The van der Waals surface area contributed by atoms with Gasteiger partial charge in [-0.25, -0.2) is 0 Å². The second kappa shape index (κ2) is 8.70. The number of hydrogen-bond donors (Lipinski definition) is 0. The van der Waals surface area contributed by atoms with Gasteiger partial charge in [-0.05, 0) is 42.0 Å². The van der Waals surface area contributed by atoms with Gasteiger partial charge in [0.1, 0.15) is 0 Å². The zero-order valence-electron chi connectivity index (χ0n) is 16.3. The molecule has 0 aliphatic heterocycles. The first kappa shape index (κ1) is 20.1. The Morgan fingerprint density at radius 3 is 2.58 bits per heavy atom. The van der Waals surface area contributed by atoms with Gasteiger partial charge in [-0.2, -0.15) is 0 Å². The van der Waals surface area contributed by atoms with Gasteiger partial charge in [0.25, 0.3) is 0 Å². The van der Waals surface area contributed by atoms with Crippen LogP contribution >= 0.6 is 34.7 Å². The molecule has 0 amide bonds. The molecular formula is C23H17ClN4OS2. The number of aromatic nitrogens is 4. The molecule has 2 heterocycles. The number of para-hydroxylation sites is 2. The molecule has 0 N–H and O–H groups in total. The van der Waals surface area contributed by atoms with E-state index in [9.17, 15) is 4.79 Å². The van der Waals surface area contributed by atoms with E-state index in [1.54, 1.807) is 16.3 Å². The zero-order chi connectivity index (χ0) is 21.2. The summed E-state index contributed by atoms with van der Waals surface area (Å²) in [5.74, 6) is 1.43. The molecule has 0 saturated carbocycles. The molecule has 0 aliphatic rings. The lowest BCUT2D eigenvalue weighted by molar-refractivity contribution is 0.726. The van der Waals surface area contributed by atoms with Gasteiger partial charge >= 0.3 is 4.87 Å². The van der Waals surface area contributed by atoms with Crippen molar-refractivity contribution in [3.63, 3.8) is 0 Å². The van der Waals surface area contributed by atoms with E-state index in [2.05, 4.69) is 10.2 Å². The molecule has 8 heteroatoms. The first-order chi connectivity index (χ1) is 15.2. The van der Waals surface area contributed by atoms with Gasteiger partial charge in [-0.15, -0.1) is 10.2 Å². The predicted molar refractivity (Wildman–Crippen MR) is 128 cm³/mol. The van der Waals surface area contributed by atoms with Crippen molar-refractivity contribution in [3.8, 4) is 5.69 Å². The van der Waals surface area contributed by atoms with Crippen LogP contribution in [0.3, 0.4) is 0 Å². The van der Waals surface area contributed by atoms with Crippen LogP contribution in [0.4, 0.5) is 0 Å². The van der Waals surface area contributed by atoms with Crippen LogP contribution in [0.1, 0.15) is 11.4 Å². The molecule has 0 radical (unpaired) electrons. The molecular weight excluding hydrogens is 448 g/mol. The number of thiazole rings is 1. The summed E-state index contributed by atoms with van der Waals surface area (Å²) in [7, 11) is 0. The average Bonchev–Trinajstić information content (AvgIpc) is 3.34. The Morgan fingerprint density at radius 2 is 1.74 bits per heavy atom. The van der Waals surface area contributed by atoms with Gasteiger partial charge in [0.15, 0.2) is 11.0 Å². The highest BCUT2D eigenvalue weighted by molar-refractivity contribution is 7.98. The lowest BCUT2D eigenvalue weighted by Crippen LogP contribution is -2.16. The third-order valence-corrected chi connectivity index (χ3v) is 7.04. The molecule has 0 saturated heterocycles. The van der Waals surface area contributed by atoms with Crippen molar-refractivity contribution >= 4 is 44.9 Å². The Bertz CT molecular complexity index is 1410. The van der Waals surface area contributed by atoms with Crippen LogP contribution in [0.25, 0.3) is 15.9 Å². The predicted octanol–water partition coefficient (Wildman–Crippen LogP) is 5.64. The maximum atomic E-state index is 12.6. The summed E-state index contributed by atoms with van der Waals surface area (Å²) in [5, 5.41) is 10.4. The molecule has 0 aliphatic carbocycles. The fraction of sp³-hybridized carbons (Fsp3) is 0.0870. The molecule has 5 rings (SSSR count). The SMILES string of the molecule is O=c1sc2ccccc2n1Cc1nnc(SCc2cccc(Cl)c2)n1-c1ccccc1. The van der Waals surface area contributed by atoms with Crippen LogP contribution in [0.5, 0.6) is 0 Å². The van der Waals surface area contributed by atoms with Gasteiger partial charge in [0.2, 0.25) is 0 Å². The molecule has 0 spiro atoms. The highest BCUT2D eigenvalue weighted by Crippen LogP contribution is 2.27. The van der Waals surface area contributed by atoms with E-state index >= 15 is 0 Å². The van der Waals surface area contributed by atoms with E-state index in [4.69, 9.17) is 11.6 Å². The molecule has 3 aromatic carbocycles. The Labute approximate surface area is 191 Å².